The molecule has 0 aliphatic heterocycles. The van der Waals surface area contributed by atoms with Gasteiger partial charge in [-0.05, 0) is 50.2 Å². The summed E-state index contributed by atoms with van der Waals surface area (Å²) in [7, 11) is 0. The van der Waals surface area contributed by atoms with E-state index in [4.69, 9.17) is 14.7 Å². The predicted molar refractivity (Wildman–Crippen MR) is 98.8 cm³/mol. The lowest BCUT2D eigenvalue weighted by atomic mass is 10.3. The fraction of sp³-hybridized carbons (Fsp3) is 0.150. The van der Waals surface area contributed by atoms with E-state index in [-0.39, 0.29) is 11.9 Å². The van der Waals surface area contributed by atoms with E-state index in [1.807, 2.05) is 74.5 Å². The number of nitriles is 1. The zero-order valence-electron chi connectivity index (χ0n) is 14.5. The second-order valence-corrected chi connectivity index (χ2v) is 5.75. The minimum Gasteiger partial charge on any atom is -0.485 e. The first kappa shape index (κ1) is 17.2. The molecule has 0 fully saturated rings. The SMILES string of the molecule is CC(C)Oc1cnc(C#N)nc1Nc1ccc(Oc2ccccc2)cc1. The van der Waals surface area contributed by atoms with Gasteiger partial charge in [0.05, 0.1) is 12.3 Å². The fourth-order valence-corrected chi connectivity index (χ4v) is 2.22. The maximum atomic E-state index is 9.02. The van der Waals surface area contributed by atoms with Crippen molar-refractivity contribution in [2.75, 3.05) is 5.32 Å². The van der Waals surface area contributed by atoms with Crippen molar-refractivity contribution >= 4 is 11.5 Å². The third-order valence-electron chi connectivity index (χ3n) is 3.31. The van der Waals surface area contributed by atoms with Gasteiger partial charge in [-0.1, -0.05) is 18.2 Å². The molecule has 0 aliphatic rings. The Morgan fingerprint density at radius 1 is 1.00 bits per heavy atom. The van der Waals surface area contributed by atoms with Crippen LogP contribution in [0.1, 0.15) is 19.7 Å². The number of rotatable bonds is 6. The molecular formula is C20H18N4O2. The summed E-state index contributed by atoms with van der Waals surface area (Å²) in [6, 6.07) is 18.9. The summed E-state index contributed by atoms with van der Waals surface area (Å²) in [6.07, 6.45) is 1.47. The first-order valence-electron chi connectivity index (χ1n) is 8.18. The minimum absolute atomic E-state index is 0.0336. The molecule has 1 N–H and O–H groups in total. The zero-order valence-corrected chi connectivity index (χ0v) is 14.5. The van der Waals surface area contributed by atoms with Crippen LogP contribution in [0, 0.1) is 11.3 Å². The molecule has 0 radical (unpaired) electrons. The average Bonchev–Trinajstić information content (AvgIpc) is 2.65. The molecular weight excluding hydrogens is 328 g/mol. The Hall–Kier alpha value is -3.59. The van der Waals surface area contributed by atoms with Crippen molar-refractivity contribution in [2.45, 2.75) is 20.0 Å². The van der Waals surface area contributed by atoms with Crippen molar-refractivity contribution in [3.05, 3.63) is 66.6 Å². The van der Waals surface area contributed by atoms with Crippen LogP contribution in [0.15, 0.2) is 60.8 Å². The number of nitrogens with one attached hydrogen (secondary N) is 1. The standard InChI is InChI=1S/C20H18N4O2/c1-14(2)25-18-13-22-19(12-21)24-20(18)23-15-8-10-17(11-9-15)26-16-6-4-3-5-7-16/h3-11,13-14H,1-2H3,(H,22,23,24). The second kappa shape index (κ2) is 7.99. The van der Waals surface area contributed by atoms with Crippen molar-refractivity contribution < 1.29 is 9.47 Å². The fourth-order valence-electron chi connectivity index (χ4n) is 2.22. The minimum atomic E-state index is -0.0336. The quantitative estimate of drug-likeness (QED) is 0.698. The summed E-state index contributed by atoms with van der Waals surface area (Å²) >= 11 is 0. The highest BCUT2D eigenvalue weighted by Gasteiger charge is 2.10. The first-order chi connectivity index (χ1) is 12.6. The van der Waals surface area contributed by atoms with Crippen molar-refractivity contribution in [3.8, 4) is 23.3 Å². The Balaban J connectivity index is 1.77. The molecule has 0 unspecified atom stereocenters. The van der Waals surface area contributed by atoms with Gasteiger partial charge in [0, 0.05) is 5.69 Å². The van der Waals surface area contributed by atoms with Crippen LogP contribution in [0.2, 0.25) is 0 Å². The van der Waals surface area contributed by atoms with Gasteiger partial charge in [0.1, 0.15) is 17.6 Å². The molecule has 6 heteroatoms. The number of para-hydroxylation sites is 1. The predicted octanol–water partition coefficient (Wildman–Crippen LogP) is 4.67. The highest BCUT2D eigenvalue weighted by Crippen LogP contribution is 2.28. The van der Waals surface area contributed by atoms with E-state index in [2.05, 4.69) is 15.3 Å². The van der Waals surface area contributed by atoms with Crippen LogP contribution in [0.4, 0.5) is 11.5 Å². The number of aromatic nitrogens is 2. The summed E-state index contributed by atoms with van der Waals surface area (Å²) in [5.41, 5.74) is 0.793. The van der Waals surface area contributed by atoms with E-state index in [0.29, 0.717) is 11.6 Å². The third-order valence-corrected chi connectivity index (χ3v) is 3.31. The molecule has 0 saturated heterocycles. The summed E-state index contributed by atoms with van der Waals surface area (Å²) in [6.45, 7) is 3.83. The van der Waals surface area contributed by atoms with Crippen molar-refractivity contribution in [1.29, 1.82) is 5.26 Å². The monoisotopic (exact) mass is 346 g/mol. The van der Waals surface area contributed by atoms with Crippen LogP contribution in [0.25, 0.3) is 0 Å². The second-order valence-electron chi connectivity index (χ2n) is 5.75. The lowest BCUT2D eigenvalue weighted by molar-refractivity contribution is 0.242. The molecule has 0 bridgehead atoms. The lowest BCUT2D eigenvalue weighted by Gasteiger charge is -2.14. The number of nitrogens with zero attached hydrogens (tertiary/aromatic N) is 3. The van der Waals surface area contributed by atoms with Gasteiger partial charge in [-0.25, -0.2) is 4.98 Å². The molecule has 0 saturated carbocycles. The Kier molecular flexibility index (Phi) is 5.30. The molecule has 0 atom stereocenters. The van der Waals surface area contributed by atoms with Crippen molar-refractivity contribution in [3.63, 3.8) is 0 Å². The van der Waals surface area contributed by atoms with Crippen LogP contribution in [-0.2, 0) is 0 Å². The van der Waals surface area contributed by atoms with Gasteiger partial charge >= 0.3 is 0 Å². The van der Waals surface area contributed by atoms with E-state index in [1.54, 1.807) is 0 Å². The van der Waals surface area contributed by atoms with Crippen LogP contribution >= 0.6 is 0 Å². The van der Waals surface area contributed by atoms with E-state index in [1.165, 1.54) is 6.20 Å². The van der Waals surface area contributed by atoms with Crippen LogP contribution in [0.5, 0.6) is 17.2 Å². The van der Waals surface area contributed by atoms with Gasteiger partial charge in [0.15, 0.2) is 11.6 Å². The maximum absolute atomic E-state index is 9.02. The van der Waals surface area contributed by atoms with Crippen LogP contribution in [-0.4, -0.2) is 16.1 Å². The normalized spacial score (nSPS) is 10.2. The molecule has 0 aliphatic carbocycles. The van der Waals surface area contributed by atoms with Crippen LogP contribution < -0.4 is 14.8 Å². The van der Waals surface area contributed by atoms with E-state index < -0.39 is 0 Å². The molecule has 2 aromatic carbocycles. The maximum Gasteiger partial charge on any atom is 0.234 e. The highest BCUT2D eigenvalue weighted by atomic mass is 16.5. The molecule has 0 amide bonds. The number of ether oxygens (including phenoxy) is 2. The Labute approximate surface area is 152 Å². The molecule has 130 valence electrons. The van der Waals surface area contributed by atoms with Gasteiger partial charge in [-0.3, -0.25) is 0 Å². The third kappa shape index (κ3) is 4.48. The molecule has 26 heavy (non-hydrogen) atoms. The van der Waals surface area contributed by atoms with E-state index in [0.717, 1.165) is 17.2 Å². The molecule has 3 rings (SSSR count). The highest BCUT2D eigenvalue weighted by molar-refractivity contribution is 5.62. The molecule has 3 aromatic rings. The number of benzene rings is 2. The number of hydrogen-bond donors (Lipinski definition) is 1. The van der Waals surface area contributed by atoms with Gasteiger partial charge in [0.25, 0.3) is 0 Å². The van der Waals surface area contributed by atoms with Gasteiger partial charge in [-0.15, -0.1) is 0 Å². The zero-order chi connectivity index (χ0) is 18.4. The average molecular weight is 346 g/mol. The van der Waals surface area contributed by atoms with Crippen LogP contribution in [0.3, 0.4) is 0 Å². The smallest absolute Gasteiger partial charge is 0.234 e. The molecule has 1 heterocycles. The van der Waals surface area contributed by atoms with Gasteiger partial charge < -0.3 is 14.8 Å². The summed E-state index contributed by atoms with van der Waals surface area (Å²) < 4.78 is 11.5. The number of anilines is 2. The summed E-state index contributed by atoms with van der Waals surface area (Å²) in [5, 5.41) is 12.2. The Morgan fingerprint density at radius 3 is 2.35 bits per heavy atom. The lowest BCUT2D eigenvalue weighted by Crippen LogP contribution is -2.09. The van der Waals surface area contributed by atoms with Crippen molar-refractivity contribution in [1.82, 2.24) is 9.97 Å². The first-order valence-corrected chi connectivity index (χ1v) is 8.18. The van der Waals surface area contributed by atoms with Gasteiger partial charge in [0.2, 0.25) is 5.82 Å². The topological polar surface area (TPSA) is 80.1 Å². The molecule has 1 aromatic heterocycles. The molecule has 0 spiro atoms. The number of hydrogen-bond acceptors (Lipinski definition) is 6. The Bertz CT molecular complexity index is 903. The summed E-state index contributed by atoms with van der Waals surface area (Å²) in [5.74, 6) is 2.51. The van der Waals surface area contributed by atoms with Gasteiger partial charge in [-0.2, -0.15) is 10.2 Å². The largest absolute Gasteiger partial charge is 0.485 e. The summed E-state index contributed by atoms with van der Waals surface area (Å²) in [4.78, 5) is 8.15. The van der Waals surface area contributed by atoms with E-state index >= 15 is 0 Å². The van der Waals surface area contributed by atoms with E-state index in [9.17, 15) is 0 Å². The molecule has 6 nitrogen and oxygen atoms in total. The Morgan fingerprint density at radius 2 is 1.69 bits per heavy atom. The van der Waals surface area contributed by atoms with Crippen molar-refractivity contribution in [2.24, 2.45) is 0 Å².